The molecule has 9 heteroatoms. The van der Waals surface area contributed by atoms with Gasteiger partial charge in [-0.15, -0.1) is 0 Å². The Morgan fingerprint density at radius 1 is 1.14 bits per heavy atom. The van der Waals surface area contributed by atoms with Crippen LogP contribution in [0, 0.1) is 0 Å². The van der Waals surface area contributed by atoms with Crippen LogP contribution in [0.5, 0.6) is 17.2 Å². The van der Waals surface area contributed by atoms with Gasteiger partial charge in [-0.2, -0.15) is 4.31 Å². The molecule has 2 aromatic carbocycles. The van der Waals surface area contributed by atoms with E-state index in [4.69, 9.17) is 4.74 Å². The fourth-order valence-electron chi connectivity index (χ4n) is 3.11. The molecule has 2 aromatic rings. The molecule has 0 spiro atoms. The van der Waals surface area contributed by atoms with Crippen LogP contribution in [0.25, 0.3) is 0 Å². The zero-order valence-corrected chi connectivity index (χ0v) is 16.0. The summed E-state index contributed by atoms with van der Waals surface area (Å²) >= 11 is 0. The third kappa shape index (κ3) is 3.76. The van der Waals surface area contributed by atoms with Gasteiger partial charge in [0, 0.05) is 13.0 Å². The molecule has 1 heterocycles. The highest BCUT2D eigenvalue weighted by atomic mass is 32.2. The number of nitrogens with zero attached hydrogens (tertiary/aromatic N) is 1. The largest absolute Gasteiger partial charge is 0.504 e. The first-order valence-corrected chi connectivity index (χ1v) is 10.2. The summed E-state index contributed by atoms with van der Waals surface area (Å²) in [7, 11) is -4.11. The van der Waals surface area contributed by atoms with Crippen LogP contribution in [-0.4, -0.2) is 46.7 Å². The molecule has 1 aliphatic heterocycles. The Balaban J connectivity index is 1.96. The highest BCUT2D eigenvalue weighted by molar-refractivity contribution is 7.89. The second-order valence-corrected chi connectivity index (χ2v) is 8.43. The van der Waals surface area contributed by atoms with Crippen molar-refractivity contribution in [2.75, 3.05) is 6.61 Å². The van der Waals surface area contributed by atoms with Crippen molar-refractivity contribution in [1.82, 2.24) is 4.31 Å². The third-order valence-corrected chi connectivity index (χ3v) is 6.44. The number of aliphatic carboxylic acids is 1. The van der Waals surface area contributed by atoms with Gasteiger partial charge < -0.3 is 20.1 Å². The van der Waals surface area contributed by atoms with Crippen LogP contribution in [-0.2, 0) is 27.8 Å². The van der Waals surface area contributed by atoms with Crippen LogP contribution in [0.1, 0.15) is 24.5 Å². The predicted molar refractivity (Wildman–Crippen MR) is 99.9 cm³/mol. The number of phenolic OH excluding ortho intramolecular Hbond substituents is 2. The van der Waals surface area contributed by atoms with Gasteiger partial charge in [0.2, 0.25) is 10.0 Å². The molecule has 3 rings (SSSR count). The van der Waals surface area contributed by atoms with E-state index in [1.807, 2.05) is 6.92 Å². The van der Waals surface area contributed by atoms with Gasteiger partial charge in [-0.1, -0.05) is 6.92 Å². The first kappa shape index (κ1) is 20.0. The number of hydrogen-bond acceptors (Lipinski definition) is 6. The number of carbonyl (C=O) groups is 1. The molecule has 8 nitrogen and oxygen atoms in total. The molecule has 28 heavy (non-hydrogen) atoms. The van der Waals surface area contributed by atoms with Crippen LogP contribution in [0.4, 0.5) is 0 Å². The number of carboxylic acids is 1. The van der Waals surface area contributed by atoms with Gasteiger partial charge in [0.05, 0.1) is 11.5 Å². The molecule has 0 saturated carbocycles. The average Bonchev–Trinajstić information content (AvgIpc) is 2.66. The summed E-state index contributed by atoms with van der Waals surface area (Å²) in [6.07, 6.45) is 0.700. The molecule has 0 amide bonds. The zero-order valence-electron chi connectivity index (χ0n) is 15.2. The highest BCUT2D eigenvalue weighted by Crippen LogP contribution is 2.35. The second-order valence-electron chi connectivity index (χ2n) is 6.54. The van der Waals surface area contributed by atoms with E-state index in [1.165, 1.54) is 36.4 Å². The average molecular weight is 407 g/mol. The summed E-state index contributed by atoms with van der Waals surface area (Å²) < 4.78 is 32.5. The van der Waals surface area contributed by atoms with Crippen LogP contribution in [0.3, 0.4) is 0 Å². The minimum absolute atomic E-state index is 0.0472. The Kier molecular flexibility index (Phi) is 5.48. The maximum Gasteiger partial charge on any atom is 0.322 e. The van der Waals surface area contributed by atoms with Crippen molar-refractivity contribution in [3.63, 3.8) is 0 Å². The number of ether oxygens (including phenoxy) is 1. The Hall–Kier alpha value is -2.78. The maximum absolute atomic E-state index is 13.1. The molecule has 150 valence electrons. The van der Waals surface area contributed by atoms with Gasteiger partial charge in [-0.05, 0) is 53.9 Å². The van der Waals surface area contributed by atoms with E-state index in [1.54, 1.807) is 0 Å². The molecule has 0 fully saturated rings. The van der Waals surface area contributed by atoms with Gasteiger partial charge in [-0.3, -0.25) is 4.79 Å². The number of hydrogen-bond donors (Lipinski definition) is 3. The lowest BCUT2D eigenvalue weighted by Gasteiger charge is -2.33. The number of fused-ring (bicyclic) bond motifs is 1. The molecule has 0 bridgehead atoms. The van der Waals surface area contributed by atoms with Gasteiger partial charge >= 0.3 is 5.97 Å². The number of phenols is 2. The second kappa shape index (κ2) is 7.69. The van der Waals surface area contributed by atoms with E-state index in [9.17, 15) is 28.5 Å². The summed E-state index contributed by atoms with van der Waals surface area (Å²) in [5.41, 5.74) is 0.928. The lowest BCUT2D eigenvalue weighted by Crippen LogP contribution is -2.48. The Morgan fingerprint density at radius 3 is 2.32 bits per heavy atom. The number of aromatic hydroxyl groups is 2. The third-order valence-electron chi connectivity index (χ3n) is 4.57. The molecule has 0 unspecified atom stereocenters. The summed E-state index contributed by atoms with van der Waals surface area (Å²) in [4.78, 5) is 11.7. The lowest BCUT2D eigenvalue weighted by atomic mass is 9.95. The summed E-state index contributed by atoms with van der Waals surface area (Å²) in [5.74, 6) is -1.52. The Morgan fingerprint density at radius 2 is 1.75 bits per heavy atom. The molecule has 1 aliphatic rings. The number of benzene rings is 2. The fourth-order valence-corrected chi connectivity index (χ4v) is 4.67. The minimum atomic E-state index is -4.11. The summed E-state index contributed by atoms with van der Waals surface area (Å²) in [5, 5.41) is 28.9. The molecular formula is C19H21NO7S. The molecule has 3 N–H and O–H groups in total. The van der Waals surface area contributed by atoms with Crippen molar-refractivity contribution >= 4 is 16.0 Å². The molecule has 1 atom stereocenters. The van der Waals surface area contributed by atoms with Crippen molar-refractivity contribution < 1.29 is 33.3 Å². The van der Waals surface area contributed by atoms with Crippen molar-refractivity contribution in [3.8, 4) is 17.2 Å². The summed E-state index contributed by atoms with van der Waals surface area (Å²) in [6, 6.07) is 7.02. The van der Waals surface area contributed by atoms with E-state index in [-0.39, 0.29) is 29.4 Å². The smallest absolute Gasteiger partial charge is 0.322 e. The molecular weight excluding hydrogens is 386 g/mol. The summed E-state index contributed by atoms with van der Waals surface area (Å²) in [6.45, 7) is 2.24. The number of carboxylic acid groups (broad SMARTS) is 1. The fraction of sp³-hybridized carbons (Fsp3) is 0.316. The topological polar surface area (TPSA) is 124 Å². The minimum Gasteiger partial charge on any atom is -0.504 e. The standard InChI is InChI=1S/C19H21NO7S/c1-2-7-27-14-3-5-15(6-4-14)28(25,26)20-11-13-10-18(22)17(21)9-12(13)8-16(20)19(23)24/h3-6,9-10,16,21-22H,2,7-8,11H2,1H3,(H,23,24)/t16-/m1/s1. The van der Waals surface area contributed by atoms with Crippen LogP contribution >= 0.6 is 0 Å². The number of sulfonamides is 1. The van der Waals surface area contributed by atoms with Gasteiger partial charge in [0.15, 0.2) is 11.5 Å². The highest BCUT2D eigenvalue weighted by Gasteiger charge is 2.40. The maximum atomic E-state index is 13.1. The van der Waals surface area contributed by atoms with Gasteiger partial charge in [-0.25, -0.2) is 8.42 Å². The Labute approximate surface area is 162 Å². The molecule has 0 aliphatic carbocycles. The van der Waals surface area contributed by atoms with Crippen LogP contribution < -0.4 is 4.74 Å². The predicted octanol–water partition coefficient (Wildman–Crippen LogP) is 2.09. The lowest BCUT2D eigenvalue weighted by molar-refractivity contribution is -0.141. The van der Waals surface area contributed by atoms with E-state index < -0.39 is 22.0 Å². The first-order chi connectivity index (χ1) is 13.2. The van der Waals surface area contributed by atoms with Gasteiger partial charge in [0.1, 0.15) is 11.8 Å². The van der Waals surface area contributed by atoms with E-state index >= 15 is 0 Å². The van der Waals surface area contributed by atoms with E-state index in [0.29, 0.717) is 23.5 Å². The zero-order chi connectivity index (χ0) is 20.5. The van der Waals surface area contributed by atoms with Crippen LogP contribution in [0.2, 0.25) is 0 Å². The molecule has 0 aromatic heterocycles. The van der Waals surface area contributed by atoms with E-state index in [2.05, 4.69) is 0 Å². The van der Waals surface area contributed by atoms with Crippen molar-refractivity contribution in [3.05, 3.63) is 47.5 Å². The first-order valence-electron chi connectivity index (χ1n) is 8.75. The molecule has 0 saturated heterocycles. The number of rotatable bonds is 6. The SMILES string of the molecule is CCCOc1ccc(S(=O)(=O)N2Cc3cc(O)c(O)cc3C[C@@H]2C(=O)O)cc1. The Bertz CT molecular complexity index is 986. The quantitative estimate of drug-likeness (QED) is 0.626. The van der Waals surface area contributed by atoms with Crippen LogP contribution in [0.15, 0.2) is 41.3 Å². The normalized spacial score (nSPS) is 17.1. The van der Waals surface area contributed by atoms with Crippen molar-refractivity contribution in [2.24, 2.45) is 0 Å². The van der Waals surface area contributed by atoms with Crippen molar-refractivity contribution in [1.29, 1.82) is 0 Å². The van der Waals surface area contributed by atoms with Crippen molar-refractivity contribution in [2.45, 2.75) is 37.2 Å². The molecule has 0 radical (unpaired) electrons. The van der Waals surface area contributed by atoms with Gasteiger partial charge in [0.25, 0.3) is 0 Å². The van der Waals surface area contributed by atoms with E-state index in [0.717, 1.165) is 10.7 Å². The monoisotopic (exact) mass is 407 g/mol.